The van der Waals surface area contributed by atoms with Gasteiger partial charge in [0.15, 0.2) is 11.0 Å². The molecule has 3 aromatic heterocycles. The van der Waals surface area contributed by atoms with Crippen molar-refractivity contribution in [2.75, 3.05) is 57.0 Å². The SMILES string of the molecule is C/C(=C\c1nc(N2CCC[C@@H](OC(=O)NCC[N+](C)(C)CC(=O)[O-])C2)c(/C=C/c2nn[nH]n2)c(=O)[nH]1)C(=O)Nc1nc(C(C)(C)C)cs1. The Bertz CT molecular complexity index is 1720. The average molecular weight is 684 g/mol. The number of nitrogens with one attached hydrogen (secondary N) is 4. The summed E-state index contributed by atoms with van der Waals surface area (Å²) in [5, 5.41) is 32.5. The molecule has 1 aliphatic rings. The number of quaternary nitrogens is 1. The second-order valence-electron chi connectivity index (χ2n) is 13.1. The maximum Gasteiger partial charge on any atom is 0.407 e. The molecule has 0 aromatic carbocycles. The Kier molecular flexibility index (Phi) is 11.4. The second-order valence-corrected chi connectivity index (χ2v) is 14.0. The highest BCUT2D eigenvalue weighted by molar-refractivity contribution is 7.14. The number of carboxylic acid groups (broad SMARTS) is 1. The lowest BCUT2D eigenvalue weighted by atomic mass is 9.93. The topological polar surface area (TPSA) is 224 Å². The van der Waals surface area contributed by atoms with Crippen LogP contribution in [-0.2, 0) is 19.7 Å². The molecule has 4 heterocycles. The van der Waals surface area contributed by atoms with Gasteiger partial charge in [0.25, 0.3) is 11.5 Å². The van der Waals surface area contributed by atoms with Crippen LogP contribution in [0.4, 0.5) is 15.7 Å². The Labute approximate surface area is 281 Å². The van der Waals surface area contributed by atoms with E-state index in [4.69, 9.17) is 9.72 Å². The van der Waals surface area contributed by atoms with E-state index in [-0.39, 0.29) is 46.7 Å². The molecule has 0 unspecified atom stereocenters. The summed E-state index contributed by atoms with van der Waals surface area (Å²) < 4.78 is 5.81. The maximum absolute atomic E-state index is 13.4. The highest BCUT2D eigenvalue weighted by atomic mass is 32.1. The molecule has 0 bridgehead atoms. The first kappa shape index (κ1) is 35.9. The molecule has 18 heteroatoms. The molecule has 4 N–H and O–H groups in total. The van der Waals surface area contributed by atoms with Gasteiger partial charge in [-0.3, -0.25) is 14.9 Å². The summed E-state index contributed by atoms with van der Waals surface area (Å²) in [7, 11) is 3.45. The lowest BCUT2D eigenvalue weighted by molar-refractivity contribution is -0.883. The Hall–Kier alpha value is -4.97. The van der Waals surface area contributed by atoms with Gasteiger partial charge in [0.2, 0.25) is 0 Å². The molecule has 1 fully saturated rings. The summed E-state index contributed by atoms with van der Waals surface area (Å²) in [5.74, 6) is -0.831. The van der Waals surface area contributed by atoms with Gasteiger partial charge < -0.3 is 34.3 Å². The van der Waals surface area contributed by atoms with Crippen LogP contribution in [0.3, 0.4) is 0 Å². The molecular formula is C30H41N11O6S. The molecule has 0 radical (unpaired) electrons. The first-order chi connectivity index (χ1) is 22.6. The van der Waals surface area contributed by atoms with Gasteiger partial charge in [-0.05, 0) is 43.2 Å². The number of hydrogen-bond acceptors (Lipinski definition) is 13. The van der Waals surface area contributed by atoms with E-state index in [0.717, 1.165) is 5.69 Å². The van der Waals surface area contributed by atoms with Gasteiger partial charge in [-0.2, -0.15) is 5.21 Å². The monoisotopic (exact) mass is 683 g/mol. The Morgan fingerprint density at radius 2 is 2.00 bits per heavy atom. The van der Waals surface area contributed by atoms with E-state index in [1.54, 1.807) is 21.0 Å². The largest absolute Gasteiger partial charge is 0.544 e. The van der Waals surface area contributed by atoms with Gasteiger partial charge in [-0.25, -0.2) is 14.8 Å². The number of carbonyl (C=O) groups excluding carboxylic acids is 3. The zero-order chi connectivity index (χ0) is 35.1. The minimum Gasteiger partial charge on any atom is -0.544 e. The summed E-state index contributed by atoms with van der Waals surface area (Å²) in [6.07, 6.45) is 4.61. The van der Waals surface area contributed by atoms with Gasteiger partial charge in [0.1, 0.15) is 24.3 Å². The van der Waals surface area contributed by atoms with E-state index in [1.807, 2.05) is 31.1 Å². The van der Waals surface area contributed by atoms with E-state index in [2.05, 4.69) is 41.2 Å². The number of aliphatic carboxylic acids is 1. The van der Waals surface area contributed by atoms with Crippen molar-refractivity contribution < 1.29 is 28.7 Å². The molecule has 0 saturated carbocycles. The fourth-order valence-corrected chi connectivity index (χ4v) is 5.73. The van der Waals surface area contributed by atoms with Crippen molar-refractivity contribution in [1.82, 2.24) is 40.9 Å². The Morgan fingerprint density at radius 3 is 2.67 bits per heavy atom. The smallest absolute Gasteiger partial charge is 0.407 e. The maximum atomic E-state index is 13.4. The van der Waals surface area contributed by atoms with Gasteiger partial charge >= 0.3 is 6.09 Å². The standard InChI is InChI=1S/C30H41N11O6S/c1-18(26(44)35-28-32-21(17-48-28)30(2,3)4)14-23-33-25(20(27(45)34-23)9-10-22-36-38-39-37-22)40-12-7-8-19(15-40)47-29(46)31-11-13-41(5,6)16-24(42)43/h9-10,14,17,19H,7-8,11-13,15-16H2,1-6H3,(H4-,31,32,33,34,35,36,37,38,39,42,43,44,45,46)/t19-/m1/s1. The third-order valence-electron chi connectivity index (χ3n) is 7.41. The quantitative estimate of drug-likeness (QED) is 0.154. The predicted molar refractivity (Wildman–Crippen MR) is 178 cm³/mol. The number of amides is 2. The normalized spacial score (nSPS) is 15.8. The van der Waals surface area contributed by atoms with Crippen molar-refractivity contribution in [1.29, 1.82) is 0 Å². The minimum atomic E-state index is -1.17. The van der Waals surface area contributed by atoms with Crippen LogP contribution < -0.4 is 26.2 Å². The number of tetrazole rings is 1. The number of rotatable bonds is 12. The van der Waals surface area contributed by atoms with Crippen molar-refractivity contribution in [2.24, 2.45) is 0 Å². The zero-order valence-corrected chi connectivity index (χ0v) is 28.6. The fraction of sp³-hybridized carbons (Fsp3) is 0.500. The number of hydrogen-bond donors (Lipinski definition) is 4. The molecular weight excluding hydrogens is 642 g/mol. The lowest BCUT2D eigenvalue weighted by Crippen LogP contribution is -2.51. The molecule has 1 saturated heterocycles. The number of thiazole rings is 1. The van der Waals surface area contributed by atoms with Crippen LogP contribution >= 0.6 is 11.3 Å². The van der Waals surface area contributed by atoms with E-state index < -0.39 is 29.6 Å². The number of nitrogens with zero attached hydrogens (tertiary/aromatic N) is 7. The first-order valence-electron chi connectivity index (χ1n) is 15.3. The summed E-state index contributed by atoms with van der Waals surface area (Å²) >= 11 is 1.33. The number of carboxylic acids is 1. The minimum absolute atomic E-state index is 0.134. The number of alkyl carbamates (subject to hydrolysis) is 1. The van der Waals surface area contributed by atoms with Crippen LogP contribution in [0.5, 0.6) is 0 Å². The number of carbonyl (C=O) groups is 3. The van der Waals surface area contributed by atoms with Gasteiger partial charge in [0.05, 0.1) is 51.0 Å². The molecule has 17 nitrogen and oxygen atoms in total. The molecule has 258 valence electrons. The number of H-pyrrole nitrogens is 2. The van der Waals surface area contributed by atoms with Crippen LogP contribution in [0.2, 0.25) is 0 Å². The molecule has 0 aliphatic carbocycles. The molecule has 1 atom stereocenters. The third-order valence-corrected chi connectivity index (χ3v) is 8.17. The van der Waals surface area contributed by atoms with Gasteiger partial charge in [0, 0.05) is 22.9 Å². The van der Waals surface area contributed by atoms with Crippen molar-refractivity contribution >= 4 is 58.5 Å². The van der Waals surface area contributed by atoms with Crippen LogP contribution in [0.1, 0.15) is 63.4 Å². The molecule has 0 spiro atoms. The van der Waals surface area contributed by atoms with Crippen LogP contribution in [-0.4, -0.2) is 111 Å². The van der Waals surface area contributed by atoms with Gasteiger partial charge in [-0.15, -0.1) is 21.5 Å². The molecule has 2 amide bonds. The van der Waals surface area contributed by atoms with Crippen LogP contribution in [0.25, 0.3) is 18.2 Å². The van der Waals surface area contributed by atoms with Crippen molar-refractivity contribution in [3.63, 3.8) is 0 Å². The number of aromatic amines is 2. The molecule has 4 rings (SSSR count). The molecule has 48 heavy (non-hydrogen) atoms. The van der Waals surface area contributed by atoms with Crippen molar-refractivity contribution in [3.05, 3.63) is 44.2 Å². The number of likely N-dealkylation sites (N-methyl/N-ethyl adjacent to an activating group) is 1. The predicted octanol–water partition coefficient (Wildman–Crippen LogP) is 0.771. The third kappa shape index (κ3) is 10.3. The summed E-state index contributed by atoms with van der Waals surface area (Å²) in [5.41, 5.74) is 0.749. The number of aromatic nitrogens is 7. The summed E-state index contributed by atoms with van der Waals surface area (Å²) in [6, 6.07) is 0. The second kappa shape index (κ2) is 15.3. The Morgan fingerprint density at radius 1 is 1.23 bits per heavy atom. The summed E-state index contributed by atoms with van der Waals surface area (Å²) in [6.45, 7) is 8.89. The van der Waals surface area contributed by atoms with Crippen molar-refractivity contribution in [2.45, 2.75) is 52.1 Å². The van der Waals surface area contributed by atoms with E-state index in [1.165, 1.54) is 29.6 Å². The fourth-order valence-electron chi connectivity index (χ4n) is 4.80. The first-order valence-corrected chi connectivity index (χ1v) is 16.2. The summed E-state index contributed by atoms with van der Waals surface area (Å²) in [4.78, 5) is 63.8. The molecule has 1 aliphatic heterocycles. The highest BCUT2D eigenvalue weighted by Crippen LogP contribution is 2.27. The number of piperidine rings is 1. The van der Waals surface area contributed by atoms with Gasteiger partial charge in [-0.1, -0.05) is 20.8 Å². The average Bonchev–Trinajstić information content (AvgIpc) is 3.68. The van der Waals surface area contributed by atoms with Crippen molar-refractivity contribution in [3.8, 4) is 0 Å². The lowest BCUT2D eigenvalue weighted by Gasteiger charge is -2.34. The van der Waals surface area contributed by atoms with Crippen LogP contribution in [0, 0.1) is 0 Å². The van der Waals surface area contributed by atoms with E-state index >= 15 is 0 Å². The Balaban J connectivity index is 1.52. The molecule has 3 aromatic rings. The zero-order valence-electron chi connectivity index (χ0n) is 27.8. The highest BCUT2D eigenvalue weighted by Gasteiger charge is 2.27. The number of ether oxygens (including phenoxy) is 1. The number of anilines is 2. The van der Waals surface area contributed by atoms with Crippen LogP contribution in [0.15, 0.2) is 15.7 Å². The van der Waals surface area contributed by atoms with E-state index in [9.17, 15) is 24.3 Å². The van der Waals surface area contributed by atoms with E-state index in [0.29, 0.717) is 42.5 Å².